The normalized spacial score (nSPS) is 15.6. The van der Waals surface area contributed by atoms with Crippen molar-refractivity contribution >= 4 is 5.91 Å². The molecule has 2 aromatic carbocycles. The Balaban J connectivity index is 1.42. The summed E-state index contributed by atoms with van der Waals surface area (Å²) in [5.41, 5.74) is 1.74. The minimum absolute atomic E-state index is 0.0776. The first-order valence-electron chi connectivity index (χ1n) is 10.6. The molecule has 0 aliphatic carbocycles. The van der Waals surface area contributed by atoms with Gasteiger partial charge in [-0.05, 0) is 36.2 Å². The predicted octanol–water partition coefficient (Wildman–Crippen LogP) is 3.33. The number of likely N-dealkylation sites (tertiary alicyclic amines) is 1. The van der Waals surface area contributed by atoms with Crippen LogP contribution in [0.3, 0.4) is 0 Å². The molecule has 9 heteroatoms. The summed E-state index contributed by atoms with van der Waals surface area (Å²) in [6.45, 7) is 1.15. The van der Waals surface area contributed by atoms with Crippen molar-refractivity contribution < 1.29 is 28.3 Å². The van der Waals surface area contributed by atoms with Crippen LogP contribution in [-0.2, 0) is 11.2 Å². The fourth-order valence-electron chi connectivity index (χ4n) is 3.95. The molecule has 0 radical (unpaired) electrons. The van der Waals surface area contributed by atoms with Gasteiger partial charge in [-0.2, -0.15) is 4.98 Å². The lowest BCUT2D eigenvalue weighted by molar-refractivity contribution is -0.127. The topological polar surface area (TPSA) is 96.2 Å². The molecule has 0 N–H and O–H groups in total. The highest BCUT2D eigenvalue weighted by Crippen LogP contribution is 2.34. The van der Waals surface area contributed by atoms with Crippen molar-refractivity contribution in [2.24, 2.45) is 0 Å². The number of amides is 1. The molecule has 9 nitrogen and oxygen atoms in total. The second-order valence-corrected chi connectivity index (χ2v) is 7.70. The molecule has 1 saturated heterocycles. The predicted molar refractivity (Wildman–Crippen MR) is 120 cm³/mol. The third kappa shape index (κ3) is 4.72. The largest absolute Gasteiger partial charge is 0.497 e. The number of nitrogens with zero attached hydrogens (tertiary/aromatic N) is 3. The van der Waals surface area contributed by atoms with Crippen LogP contribution in [0.2, 0.25) is 0 Å². The van der Waals surface area contributed by atoms with Gasteiger partial charge in [-0.15, -0.1) is 0 Å². The summed E-state index contributed by atoms with van der Waals surface area (Å²) in [6.07, 6.45) is 1.06. The van der Waals surface area contributed by atoms with E-state index in [0.717, 1.165) is 5.56 Å². The van der Waals surface area contributed by atoms with E-state index < -0.39 is 0 Å². The van der Waals surface area contributed by atoms with Gasteiger partial charge >= 0.3 is 0 Å². The first kappa shape index (κ1) is 22.4. The molecule has 4 rings (SSSR count). The summed E-state index contributed by atoms with van der Waals surface area (Å²) in [7, 11) is 6.38. The smallest absolute Gasteiger partial charge is 0.261 e. The van der Waals surface area contributed by atoms with Crippen LogP contribution in [0.5, 0.6) is 23.0 Å². The molecule has 1 aliphatic heterocycles. The quantitative estimate of drug-likeness (QED) is 0.487. The van der Waals surface area contributed by atoms with Crippen LogP contribution in [0.4, 0.5) is 0 Å². The lowest BCUT2D eigenvalue weighted by Gasteiger charge is -2.16. The maximum Gasteiger partial charge on any atom is 0.261 e. The third-order valence-corrected chi connectivity index (χ3v) is 5.78. The molecule has 1 atom stereocenters. The molecule has 33 heavy (non-hydrogen) atoms. The van der Waals surface area contributed by atoms with Crippen LogP contribution < -0.4 is 18.9 Å². The third-order valence-electron chi connectivity index (χ3n) is 5.78. The van der Waals surface area contributed by atoms with Gasteiger partial charge in [0, 0.05) is 31.5 Å². The Morgan fingerprint density at radius 1 is 0.970 bits per heavy atom. The van der Waals surface area contributed by atoms with Crippen molar-refractivity contribution in [1.29, 1.82) is 0 Å². The number of aromatic nitrogens is 2. The van der Waals surface area contributed by atoms with E-state index in [1.807, 2.05) is 29.2 Å². The van der Waals surface area contributed by atoms with Crippen molar-refractivity contribution in [2.45, 2.75) is 18.8 Å². The highest BCUT2D eigenvalue weighted by atomic mass is 16.5. The van der Waals surface area contributed by atoms with Gasteiger partial charge in [0.15, 0.2) is 17.3 Å². The molecule has 0 saturated carbocycles. The van der Waals surface area contributed by atoms with Gasteiger partial charge in [-0.1, -0.05) is 11.2 Å². The van der Waals surface area contributed by atoms with E-state index in [0.29, 0.717) is 66.2 Å². The number of rotatable bonds is 9. The Labute approximate surface area is 192 Å². The second-order valence-electron chi connectivity index (χ2n) is 7.70. The summed E-state index contributed by atoms with van der Waals surface area (Å²) >= 11 is 0. The zero-order valence-corrected chi connectivity index (χ0v) is 19.2. The van der Waals surface area contributed by atoms with Crippen LogP contribution in [0.15, 0.2) is 40.9 Å². The lowest BCUT2D eigenvalue weighted by Crippen LogP contribution is -2.27. The molecule has 1 amide bonds. The maximum atomic E-state index is 12.6. The van der Waals surface area contributed by atoms with E-state index in [1.165, 1.54) is 0 Å². The number of ether oxygens (including phenoxy) is 4. The van der Waals surface area contributed by atoms with Crippen molar-refractivity contribution in [2.75, 3.05) is 41.5 Å². The van der Waals surface area contributed by atoms with E-state index in [1.54, 1.807) is 40.6 Å². The number of hydrogen-bond donors (Lipinski definition) is 0. The average Bonchev–Trinajstić information content (AvgIpc) is 3.48. The molecular formula is C24H27N3O6. The minimum atomic E-state index is -0.121. The Morgan fingerprint density at radius 3 is 2.48 bits per heavy atom. The number of carbonyl (C=O) groups is 1. The summed E-state index contributed by atoms with van der Waals surface area (Å²) in [4.78, 5) is 19.0. The van der Waals surface area contributed by atoms with E-state index in [2.05, 4.69) is 10.1 Å². The molecule has 1 fully saturated rings. The van der Waals surface area contributed by atoms with Gasteiger partial charge in [0.2, 0.25) is 5.91 Å². The Bertz CT molecular complexity index is 1130. The minimum Gasteiger partial charge on any atom is -0.497 e. The number of methoxy groups -OCH3 is 4. The molecule has 0 bridgehead atoms. The molecule has 2 heterocycles. The van der Waals surface area contributed by atoms with E-state index in [9.17, 15) is 4.79 Å². The first-order valence-corrected chi connectivity index (χ1v) is 10.6. The second kappa shape index (κ2) is 9.81. The van der Waals surface area contributed by atoms with Crippen LogP contribution in [0.25, 0.3) is 11.5 Å². The summed E-state index contributed by atoms with van der Waals surface area (Å²) in [5.74, 6) is 3.42. The Hall–Kier alpha value is -3.75. The van der Waals surface area contributed by atoms with Gasteiger partial charge in [-0.25, -0.2) is 0 Å². The molecule has 174 valence electrons. The van der Waals surface area contributed by atoms with Crippen molar-refractivity contribution in [3.05, 3.63) is 47.8 Å². The van der Waals surface area contributed by atoms with Gasteiger partial charge in [-0.3, -0.25) is 4.79 Å². The van der Waals surface area contributed by atoms with Gasteiger partial charge in [0.1, 0.15) is 11.5 Å². The fourth-order valence-corrected chi connectivity index (χ4v) is 3.95. The first-order chi connectivity index (χ1) is 16.1. The van der Waals surface area contributed by atoms with E-state index >= 15 is 0 Å². The monoisotopic (exact) mass is 453 g/mol. The summed E-state index contributed by atoms with van der Waals surface area (Å²) in [6, 6.07) is 11.2. The molecular weight excluding hydrogens is 426 g/mol. The summed E-state index contributed by atoms with van der Waals surface area (Å²) in [5, 5.41) is 4.14. The molecule has 1 aromatic heterocycles. The highest BCUT2D eigenvalue weighted by molar-refractivity contribution is 5.79. The van der Waals surface area contributed by atoms with Crippen LogP contribution >= 0.6 is 0 Å². The molecule has 3 aromatic rings. The molecule has 1 unspecified atom stereocenters. The highest BCUT2D eigenvalue weighted by Gasteiger charge is 2.33. The zero-order valence-electron chi connectivity index (χ0n) is 19.2. The van der Waals surface area contributed by atoms with Crippen LogP contribution in [0, 0.1) is 0 Å². The fraction of sp³-hybridized carbons (Fsp3) is 0.375. The number of carbonyl (C=O) groups excluding carboxylic acids is 1. The number of hydrogen-bond acceptors (Lipinski definition) is 8. The van der Waals surface area contributed by atoms with Gasteiger partial charge in [0.05, 0.1) is 34.0 Å². The molecule has 1 aliphatic rings. The standard InChI is InChI=1S/C24H27N3O6/c1-29-17-6-7-18(20(13-17)31-3)24-25-23(26-33-24)16-12-22(28)27(14-16)10-9-15-5-8-19(30-2)21(11-15)32-4/h5-8,11,13,16H,9-10,12,14H2,1-4H3. The SMILES string of the molecule is COc1ccc(-c2nc(C3CC(=O)N(CCc4ccc(OC)c(OC)c4)C3)no2)c(OC)c1. The Morgan fingerprint density at radius 2 is 1.76 bits per heavy atom. The molecule has 0 spiro atoms. The zero-order chi connectivity index (χ0) is 23.4. The average molecular weight is 453 g/mol. The summed E-state index contributed by atoms with van der Waals surface area (Å²) < 4.78 is 26.8. The van der Waals surface area contributed by atoms with Crippen molar-refractivity contribution in [3.8, 4) is 34.5 Å². The lowest BCUT2D eigenvalue weighted by atomic mass is 10.1. The van der Waals surface area contributed by atoms with Crippen molar-refractivity contribution in [1.82, 2.24) is 15.0 Å². The van der Waals surface area contributed by atoms with E-state index in [-0.39, 0.29) is 11.8 Å². The van der Waals surface area contributed by atoms with E-state index in [4.69, 9.17) is 23.5 Å². The van der Waals surface area contributed by atoms with Crippen molar-refractivity contribution in [3.63, 3.8) is 0 Å². The van der Waals surface area contributed by atoms with Gasteiger partial charge < -0.3 is 28.4 Å². The maximum absolute atomic E-state index is 12.6. The van der Waals surface area contributed by atoms with Crippen LogP contribution in [-0.4, -0.2) is 62.5 Å². The Kier molecular flexibility index (Phi) is 6.67. The van der Waals surface area contributed by atoms with Gasteiger partial charge in [0.25, 0.3) is 5.89 Å². The number of benzene rings is 2. The van der Waals surface area contributed by atoms with Crippen LogP contribution in [0.1, 0.15) is 23.7 Å².